The summed E-state index contributed by atoms with van der Waals surface area (Å²) in [7, 11) is 0. The molecule has 0 aromatic heterocycles. The summed E-state index contributed by atoms with van der Waals surface area (Å²) in [5.74, 6) is 0.873. The molecule has 0 aliphatic heterocycles. The molecule has 0 N–H and O–H groups in total. The minimum atomic E-state index is 0.531. The Morgan fingerprint density at radius 2 is 2.30 bits per heavy atom. The summed E-state index contributed by atoms with van der Waals surface area (Å²) < 4.78 is 5.47. The van der Waals surface area contributed by atoms with Gasteiger partial charge >= 0.3 is 0 Å². The Kier molecular flexibility index (Phi) is 3.71. The molecular formula is C8H15BrO. The lowest BCUT2D eigenvalue weighted by atomic mass is 9.89. The molecule has 0 aromatic carbocycles. The molecule has 2 atom stereocenters. The molecule has 1 nitrogen and oxygen atoms in total. The Hall–Kier alpha value is 0.440. The summed E-state index contributed by atoms with van der Waals surface area (Å²) in [6, 6.07) is 0. The maximum atomic E-state index is 5.47. The van der Waals surface area contributed by atoms with E-state index in [2.05, 4.69) is 22.9 Å². The fourth-order valence-electron chi connectivity index (χ4n) is 1.62. The molecular weight excluding hydrogens is 192 g/mol. The van der Waals surface area contributed by atoms with Crippen molar-refractivity contribution in [1.82, 2.24) is 0 Å². The van der Waals surface area contributed by atoms with Gasteiger partial charge in [-0.2, -0.15) is 0 Å². The second-order valence-electron chi connectivity index (χ2n) is 3.17. The second kappa shape index (κ2) is 4.35. The molecule has 0 saturated heterocycles. The molecule has 0 spiro atoms. The van der Waals surface area contributed by atoms with Gasteiger partial charge in [-0.3, -0.25) is 0 Å². The highest BCUT2D eigenvalue weighted by molar-refractivity contribution is 9.09. The van der Waals surface area contributed by atoms with Crippen LogP contribution in [0.25, 0.3) is 0 Å². The Bertz CT molecular complexity index is 93.3. The lowest BCUT2D eigenvalue weighted by Crippen LogP contribution is -2.20. The molecule has 0 aromatic rings. The van der Waals surface area contributed by atoms with E-state index < -0.39 is 0 Å². The van der Waals surface area contributed by atoms with Crippen LogP contribution >= 0.6 is 15.9 Å². The van der Waals surface area contributed by atoms with Crippen LogP contribution in [-0.4, -0.2) is 11.6 Å². The van der Waals surface area contributed by atoms with Crippen LogP contribution in [-0.2, 0) is 4.74 Å². The largest absolute Gasteiger partial charge is 0.367 e. The number of rotatable bonds is 2. The molecule has 0 amide bonds. The molecule has 1 rings (SSSR count). The van der Waals surface area contributed by atoms with Gasteiger partial charge in [0.2, 0.25) is 0 Å². The van der Waals surface area contributed by atoms with E-state index in [-0.39, 0.29) is 0 Å². The topological polar surface area (TPSA) is 9.23 Å². The summed E-state index contributed by atoms with van der Waals surface area (Å²) in [5.41, 5.74) is 0.699. The van der Waals surface area contributed by atoms with Crippen LogP contribution < -0.4 is 0 Å². The number of hydrogen-bond acceptors (Lipinski definition) is 1. The number of hydrogen-bond donors (Lipinski definition) is 0. The monoisotopic (exact) mass is 206 g/mol. The molecule has 2 heteroatoms. The normalized spacial score (nSPS) is 34.2. The second-order valence-corrected chi connectivity index (χ2v) is 3.63. The molecule has 1 fully saturated rings. The highest BCUT2D eigenvalue weighted by atomic mass is 79.9. The van der Waals surface area contributed by atoms with Crippen LogP contribution in [0.15, 0.2) is 0 Å². The van der Waals surface area contributed by atoms with Crippen molar-refractivity contribution < 1.29 is 4.74 Å². The average Bonchev–Trinajstić information content (AvgIpc) is 1.88. The Labute approximate surface area is 71.3 Å². The van der Waals surface area contributed by atoms with Gasteiger partial charge < -0.3 is 4.74 Å². The summed E-state index contributed by atoms with van der Waals surface area (Å²) >= 11 is 3.28. The van der Waals surface area contributed by atoms with Gasteiger partial charge in [-0.15, -0.1) is 0 Å². The minimum Gasteiger partial charge on any atom is -0.367 e. The van der Waals surface area contributed by atoms with Crippen molar-refractivity contribution in [1.29, 1.82) is 0 Å². The standard InChI is InChI=1S/C8H15BrO/c1-7-3-2-4-8(5-7)10-6-9/h7-8H,2-6H2,1H3. The molecule has 1 saturated carbocycles. The third-order valence-corrected chi connectivity index (χ3v) is 2.45. The predicted molar refractivity (Wildman–Crippen MR) is 46.3 cm³/mol. The molecule has 10 heavy (non-hydrogen) atoms. The summed E-state index contributed by atoms with van der Waals surface area (Å²) in [5, 5.41) is 0. The zero-order valence-corrected chi connectivity index (χ0v) is 8.06. The summed E-state index contributed by atoms with van der Waals surface area (Å²) in [6.07, 6.45) is 5.78. The first-order valence-electron chi connectivity index (χ1n) is 4.00. The molecule has 0 heterocycles. The minimum absolute atomic E-state index is 0.531. The molecule has 2 unspecified atom stereocenters. The average molecular weight is 207 g/mol. The molecule has 60 valence electrons. The van der Waals surface area contributed by atoms with Crippen LogP contribution in [0.5, 0.6) is 0 Å². The van der Waals surface area contributed by atoms with E-state index >= 15 is 0 Å². The van der Waals surface area contributed by atoms with Crippen LogP contribution in [0.2, 0.25) is 0 Å². The van der Waals surface area contributed by atoms with E-state index in [1.165, 1.54) is 25.7 Å². The first-order chi connectivity index (χ1) is 4.83. The van der Waals surface area contributed by atoms with Crippen molar-refractivity contribution in [2.45, 2.75) is 38.7 Å². The van der Waals surface area contributed by atoms with E-state index in [1.54, 1.807) is 0 Å². The van der Waals surface area contributed by atoms with Crippen molar-refractivity contribution in [3.05, 3.63) is 0 Å². The van der Waals surface area contributed by atoms with E-state index in [4.69, 9.17) is 4.74 Å². The van der Waals surface area contributed by atoms with E-state index in [1.807, 2.05) is 0 Å². The molecule has 0 radical (unpaired) electrons. The van der Waals surface area contributed by atoms with Crippen LogP contribution in [0.1, 0.15) is 32.6 Å². The Morgan fingerprint density at radius 1 is 1.50 bits per heavy atom. The van der Waals surface area contributed by atoms with Crippen LogP contribution in [0, 0.1) is 5.92 Å². The van der Waals surface area contributed by atoms with E-state index in [9.17, 15) is 0 Å². The van der Waals surface area contributed by atoms with Crippen LogP contribution in [0.4, 0.5) is 0 Å². The van der Waals surface area contributed by atoms with Crippen molar-refractivity contribution in [2.24, 2.45) is 5.92 Å². The highest BCUT2D eigenvalue weighted by Crippen LogP contribution is 2.25. The third kappa shape index (κ3) is 2.59. The fourth-order valence-corrected chi connectivity index (χ4v) is 1.99. The van der Waals surface area contributed by atoms with Gasteiger partial charge in [0.1, 0.15) is 5.52 Å². The van der Waals surface area contributed by atoms with E-state index in [0.29, 0.717) is 11.6 Å². The number of halogens is 1. The lowest BCUT2D eigenvalue weighted by molar-refractivity contribution is 0.0466. The first-order valence-corrected chi connectivity index (χ1v) is 5.12. The van der Waals surface area contributed by atoms with Gasteiger partial charge in [0.05, 0.1) is 6.10 Å². The van der Waals surface area contributed by atoms with Gasteiger partial charge in [0.15, 0.2) is 0 Å². The van der Waals surface area contributed by atoms with Gasteiger partial charge in [0, 0.05) is 0 Å². The predicted octanol–water partition coefficient (Wildman–Crippen LogP) is 2.93. The van der Waals surface area contributed by atoms with Crippen molar-refractivity contribution in [2.75, 3.05) is 5.52 Å². The lowest BCUT2D eigenvalue weighted by Gasteiger charge is -2.25. The zero-order chi connectivity index (χ0) is 7.40. The third-order valence-electron chi connectivity index (χ3n) is 2.19. The maximum Gasteiger partial charge on any atom is 0.102 e. The van der Waals surface area contributed by atoms with Crippen molar-refractivity contribution in [3.63, 3.8) is 0 Å². The number of alkyl halides is 1. The Balaban J connectivity index is 2.18. The van der Waals surface area contributed by atoms with Gasteiger partial charge in [-0.05, 0) is 18.8 Å². The van der Waals surface area contributed by atoms with Crippen LogP contribution in [0.3, 0.4) is 0 Å². The van der Waals surface area contributed by atoms with Gasteiger partial charge in [0.25, 0.3) is 0 Å². The smallest absolute Gasteiger partial charge is 0.102 e. The highest BCUT2D eigenvalue weighted by Gasteiger charge is 2.18. The van der Waals surface area contributed by atoms with Crippen molar-refractivity contribution >= 4 is 15.9 Å². The Morgan fingerprint density at radius 3 is 2.90 bits per heavy atom. The van der Waals surface area contributed by atoms with Gasteiger partial charge in [-0.25, -0.2) is 0 Å². The fraction of sp³-hybridized carbons (Fsp3) is 1.00. The SMILES string of the molecule is CC1CCCC(OCBr)C1. The zero-order valence-electron chi connectivity index (χ0n) is 6.48. The molecule has 0 bridgehead atoms. The van der Waals surface area contributed by atoms with Crippen molar-refractivity contribution in [3.8, 4) is 0 Å². The van der Waals surface area contributed by atoms with Gasteiger partial charge in [-0.1, -0.05) is 35.7 Å². The molecule has 1 aliphatic rings. The quantitative estimate of drug-likeness (QED) is 0.632. The summed E-state index contributed by atoms with van der Waals surface area (Å²) in [4.78, 5) is 0. The summed E-state index contributed by atoms with van der Waals surface area (Å²) in [6.45, 7) is 2.31. The van der Waals surface area contributed by atoms with E-state index in [0.717, 1.165) is 5.92 Å². The first kappa shape index (κ1) is 8.54. The maximum absolute atomic E-state index is 5.47. The molecule has 1 aliphatic carbocycles. The number of ether oxygens (including phenoxy) is 1.